The van der Waals surface area contributed by atoms with Crippen molar-refractivity contribution in [2.45, 2.75) is 52.0 Å². The number of nitrogens with two attached hydrogens (primary N) is 1. The molecule has 20 heavy (non-hydrogen) atoms. The largest absolute Gasteiger partial charge is 0.339 e. The van der Waals surface area contributed by atoms with E-state index in [4.69, 9.17) is 10.3 Å². The molecule has 108 valence electrons. The Hall–Kier alpha value is -1.68. The molecule has 0 saturated carbocycles. The van der Waals surface area contributed by atoms with E-state index >= 15 is 0 Å². The van der Waals surface area contributed by atoms with Crippen LogP contribution in [0.4, 0.5) is 0 Å². The first kappa shape index (κ1) is 14.7. The summed E-state index contributed by atoms with van der Waals surface area (Å²) in [5.41, 5.74) is 8.03. The first-order chi connectivity index (χ1) is 9.35. The highest BCUT2D eigenvalue weighted by molar-refractivity contribution is 5.54. The van der Waals surface area contributed by atoms with Gasteiger partial charge in [-0.3, -0.25) is 0 Å². The van der Waals surface area contributed by atoms with Gasteiger partial charge in [0.05, 0.1) is 0 Å². The molecule has 0 unspecified atom stereocenters. The Bertz CT molecular complexity index is 550. The average molecular weight is 273 g/mol. The van der Waals surface area contributed by atoms with Crippen LogP contribution in [-0.2, 0) is 6.42 Å². The molecule has 0 aliphatic heterocycles. The summed E-state index contributed by atoms with van der Waals surface area (Å²) in [6, 6.07) is 8.30. The van der Waals surface area contributed by atoms with E-state index in [1.807, 2.05) is 26.0 Å². The molecular weight excluding hydrogens is 250 g/mol. The third-order valence-corrected chi connectivity index (χ3v) is 3.29. The lowest BCUT2D eigenvalue weighted by Crippen LogP contribution is -2.32. The van der Waals surface area contributed by atoms with Gasteiger partial charge in [0, 0.05) is 17.5 Å². The lowest BCUT2D eigenvalue weighted by molar-refractivity contribution is 0.358. The SMILES string of the molecule is CC(C)c1ccc(-c2noc(CCC(C)(C)N)n2)cc1. The van der Waals surface area contributed by atoms with Gasteiger partial charge in [-0.2, -0.15) is 4.98 Å². The third kappa shape index (κ3) is 3.90. The molecule has 0 atom stereocenters. The lowest BCUT2D eigenvalue weighted by atomic mass is 10.0. The summed E-state index contributed by atoms with van der Waals surface area (Å²) < 4.78 is 5.28. The number of hydrogen-bond donors (Lipinski definition) is 1. The highest BCUT2D eigenvalue weighted by atomic mass is 16.5. The van der Waals surface area contributed by atoms with Crippen molar-refractivity contribution < 1.29 is 4.52 Å². The fraction of sp³-hybridized carbons (Fsp3) is 0.500. The molecule has 0 saturated heterocycles. The van der Waals surface area contributed by atoms with Crippen molar-refractivity contribution in [3.63, 3.8) is 0 Å². The van der Waals surface area contributed by atoms with Crippen LogP contribution >= 0.6 is 0 Å². The van der Waals surface area contributed by atoms with E-state index in [9.17, 15) is 0 Å². The smallest absolute Gasteiger partial charge is 0.227 e. The Morgan fingerprint density at radius 1 is 1.20 bits per heavy atom. The van der Waals surface area contributed by atoms with Crippen molar-refractivity contribution in [1.29, 1.82) is 0 Å². The van der Waals surface area contributed by atoms with Crippen LogP contribution < -0.4 is 5.73 Å². The zero-order valence-electron chi connectivity index (χ0n) is 12.7. The number of nitrogens with zero attached hydrogens (tertiary/aromatic N) is 2. The van der Waals surface area contributed by atoms with Crippen molar-refractivity contribution in [2.24, 2.45) is 5.73 Å². The van der Waals surface area contributed by atoms with Gasteiger partial charge in [-0.05, 0) is 31.7 Å². The van der Waals surface area contributed by atoms with Crippen LogP contribution in [-0.4, -0.2) is 15.7 Å². The van der Waals surface area contributed by atoms with Gasteiger partial charge in [-0.25, -0.2) is 0 Å². The predicted molar refractivity (Wildman–Crippen MR) is 80.4 cm³/mol. The fourth-order valence-corrected chi connectivity index (χ4v) is 1.92. The maximum atomic E-state index is 5.96. The summed E-state index contributed by atoms with van der Waals surface area (Å²) >= 11 is 0. The first-order valence-electron chi connectivity index (χ1n) is 7.07. The second-order valence-corrected chi connectivity index (χ2v) is 6.28. The van der Waals surface area contributed by atoms with Crippen LogP contribution in [0.2, 0.25) is 0 Å². The van der Waals surface area contributed by atoms with E-state index in [0.29, 0.717) is 24.1 Å². The molecule has 0 aliphatic carbocycles. The number of benzene rings is 1. The van der Waals surface area contributed by atoms with Crippen molar-refractivity contribution >= 4 is 0 Å². The standard InChI is InChI=1S/C16H23N3O/c1-11(2)12-5-7-13(8-6-12)15-18-14(20-19-15)9-10-16(3,4)17/h5-8,11H,9-10,17H2,1-4H3. The van der Waals surface area contributed by atoms with Crippen molar-refractivity contribution in [2.75, 3.05) is 0 Å². The number of aromatic nitrogens is 2. The Kier molecular flexibility index (Phi) is 4.23. The fourth-order valence-electron chi connectivity index (χ4n) is 1.92. The number of rotatable bonds is 5. The minimum Gasteiger partial charge on any atom is -0.339 e. The molecule has 0 spiro atoms. The van der Waals surface area contributed by atoms with Gasteiger partial charge in [0.1, 0.15) is 0 Å². The monoisotopic (exact) mass is 273 g/mol. The molecule has 0 radical (unpaired) electrons. The molecule has 2 aromatic rings. The Morgan fingerprint density at radius 2 is 1.85 bits per heavy atom. The molecule has 1 heterocycles. The van der Waals surface area contributed by atoms with Gasteiger partial charge in [0.15, 0.2) is 0 Å². The summed E-state index contributed by atoms with van der Waals surface area (Å²) in [5.74, 6) is 1.81. The number of aryl methyl sites for hydroxylation is 1. The van der Waals surface area contributed by atoms with Gasteiger partial charge >= 0.3 is 0 Å². The zero-order chi connectivity index (χ0) is 14.8. The summed E-state index contributed by atoms with van der Waals surface area (Å²) in [7, 11) is 0. The normalized spacial score (nSPS) is 12.1. The molecular formula is C16H23N3O. The van der Waals surface area contributed by atoms with E-state index in [2.05, 4.69) is 36.1 Å². The highest BCUT2D eigenvalue weighted by Gasteiger charge is 2.14. The highest BCUT2D eigenvalue weighted by Crippen LogP contribution is 2.21. The summed E-state index contributed by atoms with van der Waals surface area (Å²) in [5, 5.41) is 4.03. The average Bonchev–Trinajstić information content (AvgIpc) is 2.84. The Labute approximate surface area is 120 Å². The van der Waals surface area contributed by atoms with E-state index in [-0.39, 0.29) is 5.54 Å². The second kappa shape index (κ2) is 5.75. The van der Waals surface area contributed by atoms with Crippen LogP contribution in [0, 0.1) is 0 Å². The quantitative estimate of drug-likeness (QED) is 0.905. The molecule has 2 rings (SSSR count). The van der Waals surface area contributed by atoms with Crippen LogP contribution in [0.25, 0.3) is 11.4 Å². The molecule has 1 aromatic heterocycles. The predicted octanol–water partition coefficient (Wildman–Crippen LogP) is 3.53. The minimum atomic E-state index is -0.215. The van der Waals surface area contributed by atoms with Crippen LogP contribution in [0.3, 0.4) is 0 Å². The van der Waals surface area contributed by atoms with Crippen LogP contribution in [0.15, 0.2) is 28.8 Å². The first-order valence-corrected chi connectivity index (χ1v) is 7.07. The molecule has 4 heteroatoms. The maximum absolute atomic E-state index is 5.96. The van der Waals surface area contributed by atoms with Crippen molar-refractivity contribution in [1.82, 2.24) is 10.1 Å². The van der Waals surface area contributed by atoms with Crippen LogP contribution in [0.5, 0.6) is 0 Å². The molecule has 0 amide bonds. The Morgan fingerprint density at radius 3 is 2.40 bits per heavy atom. The molecule has 0 bridgehead atoms. The zero-order valence-corrected chi connectivity index (χ0v) is 12.7. The van der Waals surface area contributed by atoms with Crippen LogP contribution in [0.1, 0.15) is 51.5 Å². The van der Waals surface area contributed by atoms with Gasteiger partial charge in [0.25, 0.3) is 0 Å². The Balaban J connectivity index is 2.08. The summed E-state index contributed by atoms with van der Waals surface area (Å²) in [4.78, 5) is 4.42. The molecule has 2 N–H and O–H groups in total. The molecule has 1 aromatic carbocycles. The van der Waals surface area contributed by atoms with Gasteiger partial charge < -0.3 is 10.3 Å². The van der Waals surface area contributed by atoms with E-state index in [0.717, 1.165) is 12.0 Å². The maximum Gasteiger partial charge on any atom is 0.227 e. The van der Waals surface area contributed by atoms with Crippen molar-refractivity contribution in [3.8, 4) is 11.4 Å². The van der Waals surface area contributed by atoms with Crippen molar-refractivity contribution in [3.05, 3.63) is 35.7 Å². The topological polar surface area (TPSA) is 64.9 Å². The third-order valence-electron chi connectivity index (χ3n) is 3.29. The van der Waals surface area contributed by atoms with Gasteiger partial charge in [0.2, 0.25) is 11.7 Å². The lowest BCUT2D eigenvalue weighted by Gasteiger charge is -2.16. The molecule has 0 aliphatic rings. The summed E-state index contributed by atoms with van der Waals surface area (Å²) in [6.45, 7) is 8.34. The molecule has 0 fully saturated rings. The van der Waals surface area contributed by atoms with E-state index < -0.39 is 0 Å². The van der Waals surface area contributed by atoms with E-state index in [1.54, 1.807) is 0 Å². The second-order valence-electron chi connectivity index (χ2n) is 6.28. The molecule has 4 nitrogen and oxygen atoms in total. The number of hydrogen-bond acceptors (Lipinski definition) is 4. The summed E-state index contributed by atoms with van der Waals surface area (Å²) in [6.07, 6.45) is 1.53. The van der Waals surface area contributed by atoms with Gasteiger partial charge in [-0.15, -0.1) is 0 Å². The minimum absolute atomic E-state index is 0.215. The van der Waals surface area contributed by atoms with E-state index in [1.165, 1.54) is 5.56 Å². The van der Waals surface area contributed by atoms with Gasteiger partial charge in [-0.1, -0.05) is 43.3 Å².